The number of piperidine rings is 1. The highest BCUT2D eigenvalue weighted by Gasteiger charge is 2.16. The summed E-state index contributed by atoms with van der Waals surface area (Å²) in [7, 11) is 4.93. The number of ether oxygens (including phenoxy) is 1. The minimum Gasteiger partial charge on any atom is -0.495 e. The van der Waals surface area contributed by atoms with Gasteiger partial charge in [0.2, 0.25) is 5.91 Å². The Morgan fingerprint density at radius 1 is 1.28 bits per heavy atom. The van der Waals surface area contributed by atoms with E-state index in [1.165, 1.54) is 12.0 Å². The predicted molar refractivity (Wildman–Crippen MR) is 102 cm³/mol. The minimum atomic E-state index is -0.0999. The molecule has 2 rings (SSSR count). The molecule has 1 saturated heterocycles. The third-order valence-electron chi connectivity index (χ3n) is 4.37. The van der Waals surface area contributed by atoms with Crippen LogP contribution in [-0.2, 0) is 4.79 Å². The molecule has 1 heterocycles. The number of rotatable bonds is 6. The lowest BCUT2D eigenvalue weighted by Gasteiger charge is -2.22. The first kappa shape index (κ1) is 21.3. The van der Waals surface area contributed by atoms with E-state index in [2.05, 4.69) is 10.6 Å². The van der Waals surface area contributed by atoms with E-state index in [1.54, 1.807) is 32.3 Å². The molecule has 1 aliphatic heterocycles. The molecule has 7 heteroatoms. The lowest BCUT2D eigenvalue weighted by atomic mass is 9.93. The van der Waals surface area contributed by atoms with Gasteiger partial charge in [0.05, 0.1) is 12.8 Å². The van der Waals surface area contributed by atoms with Crippen LogP contribution in [0.5, 0.6) is 5.75 Å². The van der Waals surface area contributed by atoms with Crippen LogP contribution in [0.25, 0.3) is 0 Å². The molecule has 0 saturated carbocycles. The van der Waals surface area contributed by atoms with Gasteiger partial charge in [0.25, 0.3) is 5.91 Å². The van der Waals surface area contributed by atoms with E-state index in [0.717, 1.165) is 32.4 Å². The van der Waals surface area contributed by atoms with Gasteiger partial charge in [-0.15, -0.1) is 12.4 Å². The number of halogens is 1. The number of nitrogens with one attached hydrogen (secondary N) is 2. The Bertz CT molecular complexity index is 587. The highest BCUT2D eigenvalue weighted by atomic mass is 35.5. The zero-order valence-electron chi connectivity index (χ0n) is 15.1. The van der Waals surface area contributed by atoms with Gasteiger partial charge in [0, 0.05) is 26.1 Å². The van der Waals surface area contributed by atoms with Gasteiger partial charge in [-0.1, -0.05) is 0 Å². The molecule has 0 atom stereocenters. The average molecular weight is 370 g/mol. The molecule has 0 aromatic heterocycles. The van der Waals surface area contributed by atoms with Crippen molar-refractivity contribution >= 4 is 29.9 Å². The minimum absolute atomic E-state index is 0. The van der Waals surface area contributed by atoms with Crippen LogP contribution in [0.15, 0.2) is 18.2 Å². The van der Waals surface area contributed by atoms with E-state index in [0.29, 0.717) is 29.3 Å². The highest BCUT2D eigenvalue weighted by Crippen LogP contribution is 2.27. The fourth-order valence-corrected chi connectivity index (χ4v) is 2.90. The van der Waals surface area contributed by atoms with E-state index in [1.807, 2.05) is 0 Å². The maximum atomic E-state index is 12.2. The van der Waals surface area contributed by atoms with Gasteiger partial charge in [0.1, 0.15) is 5.75 Å². The predicted octanol–water partition coefficient (Wildman–Crippen LogP) is 2.54. The fraction of sp³-hybridized carbons (Fsp3) is 0.556. The molecule has 1 aliphatic rings. The maximum absolute atomic E-state index is 12.2. The zero-order chi connectivity index (χ0) is 17.5. The van der Waals surface area contributed by atoms with Gasteiger partial charge in [-0.2, -0.15) is 0 Å². The molecule has 1 aromatic rings. The van der Waals surface area contributed by atoms with Crippen molar-refractivity contribution in [3.05, 3.63) is 23.8 Å². The second kappa shape index (κ2) is 10.3. The summed E-state index contributed by atoms with van der Waals surface area (Å²) in [6.45, 7) is 2.09. The van der Waals surface area contributed by atoms with E-state index < -0.39 is 0 Å². The Morgan fingerprint density at radius 2 is 1.96 bits per heavy atom. The third-order valence-corrected chi connectivity index (χ3v) is 4.37. The van der Waals surface area contributed by atoms with Crippen LogP contribution in [0.3, 0.4) is 0 Å². The summed E-state index contributed by atoms with van der Waals surface area (Å²) in [5, 5.41) is 6.22. The monoisotopic (exact) mass is 369 g/mol. The molecule has 1 aromatic carbocycles. The van der Waals surface area contributed by atoms with Crippen LogP contribution in [-0.4, -0.2) is 51.0 Å². The molecule has 140 valence electrons. The number of benzene rings is 1. The Labute approximate surface area is 155 Å². The number of nitrogens with zero attached hydrogens (tertiary/aromatic N) is 1. The molecule has 0 spiro atoms. The van der Waals surface area contributed by atoms with E-state index in [4.69, 9.17) is 4.74 Å². The molecule has 0 aliphatic carbocycles. The topological polar surface area (TPSA) is 70.7 Å². The number of hydrogen-bond donors (Lipinski definition) is 2. The number of methoxy groups -OCH3 is 1. The lowest BCUT2D eigenvalue weighted by Crippen LogP contribution is -2.28. The Kier molecular flexibility index (Phi) is 8.72. The molecule has 25 heavy (non-hydrogen) atoms. The molecular weight excluding hydrogens is 342 g/mol. The van der Waals surface area contributed by atoms with Gasteiger partial charge in [-0.25, -0.2) is 0 Å². The number of hydrogen-bond acceptors (Lipinski definition) is 4. The number of carbonyl (C=O) groups excluding carboxylic acids is 2. The van der Waals surface area contributed by atoms with Crippen molar-refractivity contribution in [3.63, 3.8) is 0 Å². The number of amides is 2. The SMILES string of the molecule is COc1cc(C(=O)N(C)C)ccc1NC(=O)CCC1CCNCC1.Cl. The smallest absolute Gasteiger partial charge is 0.253 e. The molecule has 0 radical (unpaired) electrons. The van der Waals surface area contributed by atoms with Crippen molar-refractivity contribution in [3.8, 4) is 5.75 Å². The quantitative estimate of drug-likeness (QED) is 0.808. The first-order chi connectivity index (χ1) is 11.5. The molecule has 0 bridgehead atoms. The molecule has 0 unspecified atom stereocenters. The van der Waals surface area contributed by atoms with Gasteiger partial charge in [-0.3, -0.25) is 9.59 Å². The van der Waals surface area contributed by atoms with E-state index >= 15 is 0 Å². The molecular formula is C18H28ClN3O3. The summed E-state index contributed by atoms with van der Waals surface area (Å²) in [6.07, 6.45) is 3.69. The maximum Gasteiger partial charge on any atom is 0.253 e. The molecule has 6 nitrogen and oxygen atoms in total. The van der Waals surface area contributed by atoms with Crippen LogP contribution >= 0.6 is 12.4 Å². The number of anilines is 1. The van der Waals surface area contributed by atoms with E-state index in [9.17, 15) is 9.59 Å². The van der Waals surface area contributed by atoms with Gasteiger partial charge < -0.3 is 20.3 Å². The van der Waals surface area contributed by atoms with Crippen molar-refractivity contribution in [2.45, 2.75) is 25.7 Å². The Balaban J connectivity index is 0.00000312. The highest BCUT2D eigenvalue weighted by molar-refractivity contribution is 5.97. The summed E-state index contributed by atoms with van der Waals surface area (Å²) < 4.78 is 5.32. The van der Waals surface area contributed by atoms with Crippen molar-refractivity contribution in [1.29, 1.82) is 0 Å². The Hall–Kier alpha value is -1.79. The normalized spacial score (nSPS) is 14.4. The Morgan fingerprint density at radius 3 is 2.56 bits per heavy atom. The van der Waals surface area contributed by atoms with Gasteiger partial charge in [0.15, 0.2) is 0 Å². The van der Waals surface area contributed by atoms with Crippen molar-refractivity contribution in [1.82, 2.24) is 10.2 Å². The largest absolute Gasteiger partial charge is 0.495 e. The average Bonchev–Trinajstić information content (AvgIpc) is 2.60. The summed E-state index contributed by atoms with van der Waals surface area (Å²) in [4.78, 5) is 25.7. The van der Waals surface area contributed by atoms with Crippen molar-refractivity contribution in [2.75, 3.05) is 39.6 Å². The summed E-state index contributed by atoms with van der Waals surface area (Å²) in [6, 6.07) is 5.08. The van der Waals surface area contributed by atoms with Crippen molar-refractivity contribution in [2.24, 2.45) is 5.92 Å². The zero-order valence-corrected chi connectivity index (χ0v) is 15.9. The fourth-order valence-electron chi connectivity index (χ4n) is 2.90. The first-order valence-corrected chi connectivity index (χ1v) is 8.41. The summed E-state index contributed by atoms with van der Waals surface area (Å²) in [5.74, 6) is 1.01. The second-order valence-corrected chi connectivity index (χ2v) is 6.39. The molecule has 1 fully saturated rings. The van der Waals surface area contributed by atoms with Crippen LogP contribution in [0.4, 0.5) is 5.69 Å². The summed E-state index contributed by atoms with van der Waals surface area (Å²) >= 11 is 0. The van der Waals surface area contributed by atoms with Gasteiger partial charge >= 0.3 is 0 Å². The molecule has 2 N–H and O–H groups in total. The van der Waals surface area contributed by atoms with E-state index in [-0.39, 0.29) is 24.2 Å². The van der Waals surface area contributed by atoms with Crippen LogP contribution in [0, 0.1) is 5.92 Å². The first-order valence-electron chi connectivity index (χ1n) is 8.41. The van der Waals surface area contributed by atoms with Gasteiger partial charge in [-0.05, 0) is 56.5 Å². The standard InChI is InChI=1S/C18H27N3O3.ClH/c1-21(2)18(23)14-5-6-15(16(12-14)24-3)20-17(22)7-4-13-8-10-19-11-9-13;/h5-6,12-13,19H,4,7-11H2,1-3H3,(H,20,22);1H. The van der Waals surface area contributed by atoms with Crippen LogP contribution < -0.4 is 15.4 Å². The molecule has 2 amide bonds. The lowest BCUT2D eigenvalue weighted by molar-refractivity contribution is -0.116. The number of carbonyl (C=O) groups is 2. The van der Waals surface area contributed by atoms with Crippen molar-refractivity contribution < 1.29 is 14.3 Å². The second-order valence-electron chi connectivity index (χ2n) is 6.39. The third kappa shape index (κ3) is 6.21. The summed E-state index contributed by atoms with van der Waals surface area (Å²) in [5.41, 5.74) is 1.13. The van der Waals surface area contributed by atoms with Crippen LogP contribution in [0.2, 0.25) is 0 Å². The van der Waals surface area contributed by atoms with Crippen LogP contribution in [0.1, 0.15) is 36.0 Å².